The predicted octanol–water partition coefficient (Wildman–Crippen LogP) is 1.07. The zero-order valence-corrected chi connectivity index (χ0v) is 9.47. The summed E-state index contributed by atoms with van der Waals surface area (Å²) < 4.78 is 12.9. The van der Waals surface area contributed by atoms with Crippen LogP contribution in [-0.4, -0.2) is 40.6 Å². The molecule has 0 saturated carbocycles. The van der Waals surface area contributed by atoms with Gasteiger partial charge < -0.3 is 10.0 Å². The molecule has 0 aromatic carbocycles. The van der Waals surface area contributed by atoms with Crippen molar-refractivity contribution in [2.24, 2.45) is 5.92 Å². The fourth-order valence-electron chi connectivity index (χ4n) is 2.15. The Balaban J connectivity index is 2.02. The van der Waals surface area contributed by atoms with Gasteiger partial charge in [0, 0.05) is 37.5 Å². The van der Waals surface area contributed by atoms with Crippen LogP contribution in [0.4, 0.5) is 4.39 Å². The van der Waals surface area contributed by atoms with Crippen molar-refractivity contribution in [2.45, 2.75) is 12.8 Å². The van der Waals surface area contributed by atoms with Crippen LogP contribution in [0.2, 0.25) is 0 Å². The smallest absolute Gasteiger partial charge is 0.254 e. The first-order valence-corrected chi connectivity index (χ1v) is 5.72. The fourth-order valence-corrected chi connectivity index (χ4v) is 2.15. The molecule has 1 saturated heterocycles. The summed E-state index contributed by atoms with van der Waals surface area (Å²) in [5.41, 5.74) is 0.335. The van der Waals surface area contributed by atoms with Crippen molar-refractivity contribution in [3.8, 4) is 0 Å². The molecule has 1 aromatic rings. The standard InChI is InChI=1S/C12H15FN2O2/c13-11-7-10(1-4-14-11)12(17)15-5-2-9(8-15)3-6-16/h1,4,7,9,16H,2-3,5-6,8H2. The van der Waals surface area contributed by atoms with Crippen LogP contribution < -0.4 is 0 Å². The van der Waals surface area contributed by atoms with Gasteiger partial charge in [0.1, 0.15) is 0 Å². The quantitative estimate of drug-likeness (QED) is 0.801. The van der Waals surface area contributed by atoms with Gasteiger partial charge >= 0.3 is 0 Å². The lowest BCUT2D eigenvalue weighted by Crippen LogP contribution is -2.28. The van der Waals surface area contributed by atoms with E-state index in [4.69, 9.17) is 5.11 Å². The lowest BCUT2D eigenvalue weighted by atomic mass is 10.1. The summed E-state index contributed by atoms with van der Waals surface area (Å²) in [5.74, 6) is -0.440. The monoisotopic (exact) mass is 238 g/mol. The van der Waals surface area contributed by atoms with E-state index in [0.29, 0.717) is 31.0 Å². The first-order chi connectivity index (χ1) is 8.20. The molecule has 0 radical (unpaired) electrons. The number of likely N-dealkylation sites (tertiary alicyclic amines) is 1. The minimum atomic E-state index is -0.637. The first kappa shape index (κ1) is 12.0. The summed E-state index contributed by atoms with van der Waals surface area (Å²) in [6.07, 6.45) is 2.91. The number of pyridine rings is 1. The second-order valence-corrected chi connectivity index (χ2v) is 4.29. The van der Waals surface area contributed by atoms with E-state index in [1.165, 1.54) is 12.3 Å². The highest BCUT2D eigenvalue weighted by Gasteiger charge is 2.26. The van der Waals surface area contributed by atoms with Crippen molar-refractivity contribution >= 4 is 5.91 Å². The lowest BCUT2D eigenvalue weighted by Gasteiger charge is -2.16. The van der Waals surface area contributed by atoms with Crippen LogP contribution in [0.3, 0.4) is 0 Å². The van der Waals surface area contributed by atoms with Gasteiger partial charge in [-0.25, -0.2) is 4.98 Å². The molecule has 1 N–H and O–H groups in total. The number of hydrogen-bond donors (Lipinski definition) is 1. The van der Waals surface area contributed by atoms with Crippen LogP contribution >= 0.6 is 0 Å². The molecule has 5 heteroatoms. The van der Waals surface area contributed by atoms with Crippen molar-refractivity contribution in [3.05, 3.63) is 29.8 Å². The molecular formula is C12H15FN2O2. The fraction of sp³-hybridized carbons (Fsp3) is 0.500. The van der Waals surface area contributed by atoms with E-state index in [-0.39, 0.29) is 12.5 Å². The Morgan fingerprint density at radius 2 is 2.47 bits per heavy atom. The number of nitrogens with zero attached hydrogens (tertiary/aromatic N) is 2. The van der Waals surface area contributed by atoms with Gasteiger partial charge in [-0.05, 0) is 24.8 Å². The van der Waals surface area contributed by atoms with Gasteiger partial charge in [-0.2, -0.15) is 4.39 Å². The van der Waals surface area contributed by atoms with Crippen LogP contribution in [0.25, 0.3) is 0 Å². The Kier molecular flexibility index (Phi) is 3.68. The molecule has 1 unspecified atom stereocenters. The number of amides is 1. The van der Waals surface area contributed by atoms with Gasteiger partial charge in [-0.15, -0.1) is 0 Å². The van der Waals surface area contributed by atoms with E-state index in [2.05, 4.69) is 4.98 Å². The lowest BCUT2D eigenvalue weighted by molar-refractivity contribution is 0.0784. The van der Waals surface area contributed by atoms with E-state index in [1.54, 1.807) is 4.90 Å². The van der Waals surface area contributed by atoms with Gasteiger partial charge in [-0.1, -0.05) is 0 Å². The third-order valence-corrected chi connectivity index (χ3v) is 3.08. The van der Waals surface area contributed by atoms with Crippen molar-refractivity contribution in [1.82, 2.24) is 9.88 Å². The molecular weight excluding hydrogens is 223 g/mol. The van der Waals surface area contributed by atoms with Crippen molar-refractivity contribution in [2.75, 3.05) is 19.7 Å². The molecule has 1 atom stereocenters. The van der Waals surface area contributed by atoms with E-state index in [0.717, 1.165) is 12.5 Å². The molecule has 92 valence electrons. The van der Waals surface area contributed by atoms with Crippen molar-refractivity contribution in [1.29, 1.82) is 0 Å². The molecule has 2 rings (SSSR count). The topological polar surface area (TPSA) is 53.4 Å². The minimum absolute atomic E-state index is 0.149. The highest BCUT2D eigenvalue weighted by atomic mass is 19.1. The molecule has 4 nitrogen and oxygen atoms in total. The summed E-state index contributed by atoms with van der Waals surface area (Å²) in [7, 11) is 0. The van der Waals surface area contributed by atoms with Crippen LogP contribution in [0, 0.1) is 11.9 Å². The molecule has 17 heavy (non-hydrogen) atoms. The second kappa shape index (κ2) is 5.23. The number of aliphatic hydroxyl groups is 1. The third kappa shape index (κ3) is 2.79. The van der Waals surface area contributed by atoms with E-state index in [9.17, 15) is 9.18 Å². The summed E-state index contributed by atoms with van der Waals surface area (Å²) in [5, 5.41) is 8.84. The average Bonchev–Trinajstić information content (AvgIpc) is 2.77. The Hall–Kier alpha value is -1.49. The number of rotatable bonds is 3. The molecule has 1 amide bonds. The van der Waals surface area contributed by atoms with Crippen molar-refractivity contribution in [3.63, 3.8) is 0 Å². The number of carbonyl (C=O) groups is 1. The number of carbonyl (C=O) groups excluding carboxylic acids is 1. The maximum Gasteiger partial charge on any atom is 0.254 e. The highest BCUT2D eigenvalue weighted by molar-refractivity contribution is 5.94. The van der Waals surface area contributed by atoms with E-state index >= 15 is 0 Å². The van der Waals surface area contributed by atoms with Gasteiger partial charge in [0.15, 0.2) is 0 Å². The van der Waals surface area contributed by atoms with Crippen LogP contribution in [0.15, 0.2) is 18.3 Å². The largest absolute Gasteiger partial charge is 0.396 e. The highest BCUT2D eigenvalue weighted by Crippen LogP contribution is 2.21. The zero-order valence-electron chi connectivity index (χ0n) is 9.47. The summed E-state index contributed by atoms with van der Waals surface area (Å²) >= 11 is 0. The van der Waals surface area contributed by atoms with E-state index in [1.807, 2.05) is 0 Å². The van der Waals surface area contributed by atoms with Crippen LogP contribution in [-0.2, 0) is 0 Å². The number of halogens is 1. The number of hydrogen-bond acceptors (Lipinski definition) is 3. The Labute approximate surface area is 99.1 Å². The Morgan fingerprint density at radius 1 is 1.65 bits per heavy atom. The molecule has 1 aliphatic rings. The SMILES string of the molecule is O=C(c1ccnc(F)c1)N1CCC(CCO)C1. The maximum atomic E-state index is 12.9. The van der Waals surface area contributed by atoms with Gasteiger partial charge in [-0.3, -0.25) is 4.79 Å². The molecule has 1 aromatic heterocycles. The molecule has 1 fully saturated rings. The normalized spacial score (nSPS) is 19.6. The molecule has 1 aliphatic heterocycles. The molecule has 2 heterocycles. The predicted molar refractivity (Wildman–Crippen MR) is 59.9 cm³/mol. The summed E-state index contributed by atoms with van der Waals surface area (Å²) in [6.45, 7) is 1.47. The van der Waals surface area contributed by atoms with Crippen LogP contribution in [0.5, 0.6) is 0 Å². The average molecular weight is 238 g/mol. The van der Waals surface area contributed by atoms with Gasteiger partial charge in [0.05, 0.1) is 0 Å². The number of aliphatic hydroxyl groups excluding tert-OH is 1. The maximum absolute atomic E-state index is 12.9. The first-order valence-electron chi connectivity index (χ1n) is 5.72. The summed E-state index contributed by atoms with van der Waals surface area (Å²) in [6, 6.07) is 2.67. The Morgan fingerprint density at radius 3 is 3.18 bits per heavy atom. The van der Waals surface area contributed by atoms with Gasteiger partial charge in [0.25, 0.3) is 5.91 Å². The molecule has 0 bridgehead atoms. The Bertz CT molecular complexity index is 411. The molecule has 0 spiro atoms. The second-order valence-electron chi connectivity index (χ2n) is 4.29. The minimum Gasteiger partial charge on any atom is -0.396 e. The summed E-state index contributed by atoms with van der Waals surface area (Å²) in [4.78, 5) is 17.1. The van der Waals surface area contributed by atoms with E-state index < -0.39 is 5.95 Å². The van der Waals surface area contributed by atoms with Crippen LogP contribution in [0.1, 0.15) is 23.2 Å². The third-order valence-electron chi connectivity index (χ3n) is 3.08. The van der Waals surface area contributed by atoms with Gasteiger partial charge in [0.2, 0.25) is 5.95 Å². The zero-order chi connectivity index (χ0) is 12.3. The van der Waals surface area contributed by atoms with Crippen molar-refractivity contribution < 1.29 is 14.3 Å². The molecule has 0 aliphatic carbocycles. The number of aromatic nitrogens is 1.